The minimum absolute atomic E-state index is 0.0470. The number of hydrogen-bond acceptors (Lipinski definition) is 5. The van der Waals surface area contributed by atoms with Crippen molar-refractivity contribution in [3.8, 4) is 5.88 Å². The Bertz CT molecular complexity index is 540. The van der Waals surface area contributed by atoms with Crippen molar-refractivity contribution in [2.45, 2.75) is 19.5 Å². The van der Waals surface area contributed by atoms with Crippen molar-refractivity contribution in [3.05, 3.63) is 40.7 Å². The molecule has 0 saturated carbocycles. The minimum Gasteiger partial charge on any atom is -0.481 e. The van der Waals surface area contributed by atoms with Crippen LogP contribution in [0.25, 0.3) is 0 Å². The summed E-state index contributed by atoms with van der Waals surface area (Å²) >= 11 is 1.63. The van der Waals surface area contributed by atoms with Crippen LogP contribution >= 0.6 is 11.3 Å². The van der Waals surface area contributed by atoms with Crippen LogP contribution in [0.3, 0.4) is 0 Å². The Labute approximate surface area is 122 Å². The molecule has 1 amide bonds. The summed E-state index contributed by atoms with van der Waals surface area (Å²) in [5.41, 5.74) is 0.782. The summed E-state index contributed by atoms with van der Waals surface area (Å²) in [6.07, 6.45) is 1.64. The Morgan fingerprint density at radius 2 is 2.30 bits per heavy atom. The van der Waals surface area contributed by atoms with Crippen LogP contribution in [0.15, 0.2) is 35.8 Å². The van der Waals surface area contributed by atoms with Crippen molar-refractivity contribution in [1.82, 2.24) is 10.3 Å². The second-order valence-corrected chi connectivity index (χ2v) is 5.28. The topological polar surface area (TPSA) is 63.2 Å². The summed E-state index contributed by atoms with van der Waals surface area (Å²) in [5.74, 6) is 0.500. The molecule has 0 aromatic carbocycles. The molecule has 5 nitrogen and oxygen atoms in total. The molecule has 0 spiro atoms. The summed E-state index contributed by atoms with van der Waals surface area (Å²) in [6, 6.07) is 7.21. The van der Waals surface area contributed by atoms with E-state index in [0.29, 0.717) is 12.4 Å². The fraction of sp³-hybridized carbons (Fsp3) is 0.286. The van der Waals surface area contributed by atoms with Gasteiger partial charge in [-0.2, -0.15) is 0 Å². The average molecular weight is 291 g/mol. The smallest absolute Gasteiger partial charge is 0.242 e. The zero-order valence-corrected chi connectivity index (χ0v) is 12.2. The second-order valence-electron chi connectivity index (χ2n) is 4.25. The largest absolute Gasteiger partial charge is 0.481 e. The Balaban J connectivity index is 1.83. The third-order valence-electron chi connectivity index (χ3n) is 2.74. The lowest BCUT2D eigenvalue weighted by Gasteiger charge is -2.14. The molecule has 2 N–H and O–H groups in total. The van der Waals surface area contributed by atoms with E-state index in [9.17, 15) is 4.79 Å². The van der Waals surface area contributed by atoms with Crippen molar-refractivity contribution in [1.29, 1.82) is 0 Å². The Morgan fingerprint density at radius 3 is 2.90 bits per heavy atom. The number of anilines is 1. The van der Waals surface area contributed by atoms with E-state index in [1.165, 1.54) is 0 Å². The van der Waals surface area contributed by atoms with Crippen LogP contribution in [0.4, 0.5) is 5.69 Å². The summed E-state index contributed by atoms with van der Waals surface area (Å²) in [6.45, 7) is 2.37. The van der Waals surface area contributed by atoms with Gasteiger partial charge in [0.25, 0.3) is 0 Å². The SMILES string of the molecule is COc1ccc(N[C@H](C)C(=O)NCc2cccs2)cn1. The third kappa shape index (κ3) is 3.96. The van der Waals surface area contributed by atoms with Gasteiger partial charge in [0.2, 0.25) is 11.8 Å². The third-order valence-corrected chi connectivity index (χ3v) is 3.62. The molecule has 0 saturated heterocycles. The number of ether oxygens (including phenoxy) is 1. The lowest BCUT2D eigenvalue weighted by molar-refractivity contribution is -0.121. The number of methoxy groups -OCH3 is 1. The van der Waals surface area contributed by atoms with E-state index in [1.807, 2.05) is 30.5 Å². The highest BCUT2D eigenvalue weighted by Crippen LogP contribution is 2.12. The Hall–Kier alpha value is -2.08. The van der Waals surface area contributed by atoms with E-state index in [0.717, 1.165) is 10.6 Å². The molecule has 0 aliphatic carbocycles. The fourth-order valence-corrected chi connectivity index (χ4v) is 2.29. The van der Waals surface area contributed by atoms with Crippen LogP contribution in [-0.4, -0.2) is 24.0 Å². The minimum atomic E-state index is -0.329. The molecule has 0 unspecified atom stereocenters. The number of rotatable bonds is 6. The van der Waals surface area contributed by atoms with Gasteiger partial charge in [0, 0.05) is 10.9 Å². The molecule has 6 heteroatoms. The number of carbonyl (C=O) groups is 1. The van der Waals surface area contributed by atoms with Gasteiger partial charge in [0.15, 0.2) is 0 Å². The van der Waals surface area contributed by atoms with E-state index < -0.39 is 0 Å². The van der Waals surface area contributed by atoms with Gasteiger partial charge in [-0.05, 0) is 24.4 Å². The maximum atomic E-state index is 12.0. The maximum absolute atomic E-state index is 12.0. The predicted octanol–water partition coefficient (Wildman–Crippen LogP) is 2.27. The molecular formula is C14H17N3O2S. The molecule has 20 heavy (non-hydrogen) atoms. The summed E-state index contributed by atoms with van der Waals surface area (Å²) < 4.78 is 4.98. The van der Waals surface area contributed by atoms with Gasteiger partial charge in [-0.25, -0.2) is 4.98 Å². The van der Waals surface area contributed by atoms with Crippen LogP contribution in [0.5, 0.6) is 5.88 Å². The predicted molar refractivity (Wildman–Crippen MR) is 80.0 cm³/mol. The molecule has 106 valence electrons. The van der Waals surface area contributed by atoms with Crippen LogP contribution in [-0.2, 0) is 11.3 Å². The summed E-state index contributed by atoms with van der Waals surface area (Å²) in [5, 5.41) is 7.98. The highest BCUT2D eigenvalue weighted by molar-refractivity contribution is 7.09. The number of aromatic nitrogens is 1. The molecule has 0 aliphatic heterocycles. The summed E-state index contributed by atoms with van der Waals surface area (Å²) in [7, 11) is 1.57. The summed E-state index contributed by atoms with van der Waals surface area (Å²) in [4.78, 5) is 17.2. The van der Waals surface area contributed by atoms with Crippen molar-refractivity contribution >= 4 is 22.9 Å². The van der Waals surface area contributed by atoms with Crippen LogP contribution in [0, 0.1) is 0 Å². The molecule has 0 aliphatic rings. The highest BCUT2D eigenvalue weighted by Gasteiger charge is 2.12. The Kier molecular flexibility index (Phi) is 4.95. The number of thiophene rings is 1. The molecule has 0 bridgehead atoms. The van der Waals surface area contributed by atoms with Crippen LogP contribution in [0.2, 0.25) is 0 Å². The number of hydrogen-bond donors (Lipinski definition) is 2. The maximum Gasteiger partial charge on any atom is 0.242 e. The van der Waals surface area contributed by atoms with Crippen LogP contribution in [0.1, 0.15) is 11.8 Å². The zero-order chi connectivity index (χ0) is 14.4. The lowest BCUT2D eigenvalue weighted by atomic mass is 10.3. The highest BCUT2D eigenvalue weighted by atomic mass is 32.1. The van der Waals surface area contributed by atoms with Gasteiger partial charge >= 0.3 is 0 Å². The van der Waals surface area contributed by atoms with E-state index in [1.54, 1.807) is 30.7 Å². The molecule has 2 rings (SSSR count). The molecular weight excluding hydrogens is 274 g/mol. The van der Waals surface area contributed by atoms with Crippen molar-refractivity contribution < 1.29 is 9.53 Å². The van der Waals surface area contributed by atoms with Gasteiger partial charge in [-0.15, -0.1) is 11.3 Å². The van der Waals surface area contributed by atoms with Crippen molar-refractivity contribution in [2.24, 2.45) is 0 Å². The molecule has 2 aromatic heterocycles. The average Bonchev–Trinajstić information content (AvgIpc) is 2.98. The quantitative estimate of drug-likeness (QED) is 0.857. The van der Waals surface area contributed by atoms with E-state index in [-0.39, 0.29) is 11.9 Å². The van der Waals surface area contributed by atoms with Crippen molar-refractivity contribution in [2.75, 3.05) is 12.4 Å². The normalized spacial score (nSPS) is 11.7. The molecule has 0 fully saturated rings. The van der Waals surface area contributed by atoms with E-state index in [4.69, 9.17) is 4.74 Å². The number of carbonyl (C=O) groups excluding carboxylic acids is 1. The fourth-order valence-electron chi connectivity index (χ4n) is 1.64. The lowest BCUT2D eigenvalue weighted by Crippen LogP contribution is -2.37. The first kappa shape index (κ1) is 14.3. The van der Waals surface area contributed by atoms with Crippen LogP contribution < -0.4 is 15.4 Å². The number of pyridine rings is 1. The van der Waals surface area contributed by atoms with Gasteiger partial charge in [-0.1, -0.05) is 6.07 Å². The first-order valence-corrected chi connectivity index (χ1v) is 7.13. The second kappa shape index (κ2) is 6.91. The van der Waals surface area contributed by atoms with Crippen molar-refractivity contribution in [3.63, 3.8) is 0 Å². The standard InChI is InChI=1S/C14H17N3O2S/c1-10(14(18)16-9-12-4-3-7-20-12)17-11-5-6-13(19-2)15-8-11/h3-8,10,17H,9H2,1-2H3,(H,16,18)/t10-/m1/s1. The number of amides is 1. The number of nitrogens with zero attached hydrogens (tertiary/aromatic N) is 1. The molecule has 0 radical (unpaired) electrons. The zero-order valence-electron chi connectivity index (χ0n) is 11.4. The van der Waals surface area contributed by atoms with Gasteiger partial charge < -0.3 is 15.4 Å². The molecule has 1 atom stereocenters. The van der Waals surface area contributed by atoms with Gasteiger partial charge in [0.1, 0.15) is 6.04 Å². The van der Waals surface area contributed by atoms with Gasteiger partial charge in [-0.3, -0.25) is 4.79 Å². The van der Waals surface area contributed by atoms with Gasteiger partial charge in [0.05, 0.1) is 25.5 Å². The molecule has 2 heterocycles. The molecule has 2 aromatic rings. The first-order valence-electron chi connectivity index (χ1n) is 6.25. The first-order chi connectivity index (χ1) is 9.69. The Morgan fingerprint density at radius 1 is 1.45 bits per heavy atom. The number of nitrogens with one attached hydrogen (secondary N) is 2. The van der Waals surface area contributed by atoms with E-state index >= 15 is 0 Å². The van der Waals surface area contributed by atoms with E-state index in [2.05, 4.69) is 15.6 Å². The monoisotopic (exact) mass is 291 g/mol.